The van der Waals surface area contributed by atoms with E-state index in [1.165, 1.54) is 0 Å². The van der Waals surface area contributed by atoms with Gasteiger partial charge in [-0.15, -0.1) is 0 Å². The van der Waals surface area contributed by atoms with Gasteiger partial charge in [0.25, 0.3) is 0 Å². The van der Waals surface area contributed by atoms with Gasteiger partial charge in [-0.05, 0) is 5.53 Å². The molecule has 0 aromatic heterocycles. The summed E-state index contributed by atoms with van der Waals surface area (Å²) in [6.07, 6.45) is 0. The Bertz CT molecular complexity index is 136. The molecular formula is C6H14N4O2. The van der Waals surface area contributed by atoms with Crippen LogP contribution < -0.4 is 5.73 Å². The highest BCUT2D eigenvalue weighted by Crippen LogP contribution is 1.79. The zero-order valence-electron chi connectivity index (χ0n) is 6.98. The zero-order valence-corrected chi connectivity index (χ0v) is 6.98. The Morgan fingerprint density at radius 2 is 1.83 bits per heavy atom. The molecule has 0 atom stereocenters. The summed E-state index contributed by atoms with van der Waals surface area (Å²) in [7, 11) is 0. The van der Waals surface area contributed by atoms with Crippen LogP contribution in [0.2, 0.25) is 0 Å². The van der Waals surface area contributed by atoms with Crippen LogP contribution in [0.1, 0.15) is 0 Å². The third kappa shape index (κ3) is 9.19. The lowest BCUT2D eigenvalue weighted by molar-refractivity contribution is 0.0539. The molecule has 0 aromatic carbocycles. The van der Waals surface area contributed by atoms with Crippen molar-refractivity contribution in [3.05, 3.63) is 10.4 Å². The van der Waals surface area contributed by atoms with E-state index in [1.807, 2.05) is 0 Å². The Hall–Kier alpha value is -0.810. The van der Waals surface area contributed by atoms with Crippen molar-refractivity contribution in [2.24, 2.45) is 10.8 Å². The molecule has 0 bridgehead atoms. The number of azide groups is 1. The van der Waals surface area contributed by atoms with Gasteiger partial charge < -0.3 is 15.2 Å². The zero-order chi connectivity index (χ0) is 9.07. The third-order valence-corrected chi connectivity index (χ3v) is 1.03. The van der Waals surface area contributed by atoms with Crippen LogP contribution in [0.15, 0.2) is 5.11 Å². The summed E-state index contributed by atoms with van der Waals surface area (Å²) in [5, 5.41) is 3.30. The van der Waals surface area contributed by atoms with Gasteiger partial charge >= 0.3 is 0 Å². The van der Waals surface area contributed by atoms with Gasteiger partial charge in [-0.1, -0.05) is 5.11 Å². The molecule has 0 aromatic rings. The smallest absolute Gasteiger partial charge is 0.0701 e. The summed E-state index contributed by atoms with van der Waals surface area (Å²) >= 11 is 0. The molecule has 12 heavy (non-hydrogen) atoms. The molecule has 0 aliphatic rings. The Kier molecular flexibility index (Phi) is 9.50. The number of ether oxygens (including phenoxy) is 2. The fraction of sp³-hybridized carbons (Fsp3) is 1.00. The molecular weight excluding hydrogens is 160 g/mol. The summed E-state index contributed by atoms with van der Waals surface area (Å²) in [4.78, 5) is 2.58. The Balaban J connectivity index is 2.86. The van der Waals surface area contributed by atoms with Gasteiger partial charge in [0.1, 0.15) is 0 Å². The second kappa shape index (κ2) is 10.2. The van der Waals surface area contributed by atoms with E-state index in [2.05, 4.69) is 10.0 Å². The summed E-state index contributed by atoms with van der Waals surface area (Å²) in [6, 6.07) is 0. The van der Waals surface area contributed by atoms with E-state index in [1.54, 1.807) is 0 Å². The highest BCUT2D eigenvalue weighted by Gasteiger charge is 1.87. The maximum Gasteiger partial charge on any atom is 0.0701 e. The molecule has 0 amide bonds. The maximum absolute atomic E-state index is 7.90. The third-order valence-electron chi connectivity index (χ3n) is 1.03. The largest absolute Gasteiger partial charge is 0.379 e. The summed E-state index contributed by atoms with van der Waals surface area (Å²) < 4.78 is 10.1. The van der Waals surface area contributed by atoms with E-state index in [0.717, 1.165) is 0 Å². The minimum absolute atomic E-state index is 0.368. The fourth-order valence-electron chi connectivity index (χ4n) is 0.555. The van der Waals surface area contributed by atoms with E-state index in [0.29, 0.717) is 39.5 Å². The summed E-state index contributed by atoms with van der Waals surface area (Å²) in [5.74, 6) is 0. The minimum Gasteiger partial charge on any atom is -0.379 e. The van der Waals surface area contributed by atoms with Crippen molar-refractivity contribution in [2.45, 2.75) is 0 Å². The second-order valence-electron chi connectivity index (χ2n) is 1.97. The van der Waals surface area contributed by atoms with Crippen molar-refractivity contribution in [2.75, 3.05) is 39.5 Å². The van der Waals surface area contributed by atoms with E-state index < -0.39 is 0 Å². The predicted molar refractivity (Wildman–Crippen MR) is 44.7 cm³/mol. The van der Waals surface area contributed by atoms with Gasteiger partial charge in [0, 0.05) is 18.0 Å². The van der Waals surface area contributed by atoms with Gasteiger partial charge in [0.2, 0.25) is 0 Å². The Morgan fingerprint density at radius 3 is 2.42 bits per heavy atom. The molecule has 0 aliphatic carbocycles. The molecule has 70 valence electrons. The van der Waals surface area contributed by atoms with E-state index in [-0.39, 0.29) is 0 Å². The number of nitrogens with zero attached hydrogens (tertiary/aromatic N) is 3. The average Bonchev–Trinajstić information content (AvgIpc) is 2.10. The van der Waals surface area contributed by atoms with Crippen LogP contribution in [0, 0.1) is 0 Å². The molecule has 0 radical (unpaired) electrons. The molecule has 0 rings (SSSR count). The lowest BCUT2D eigenvalue weighted by Gasteiger charge is -2.02. The Morgan fingerprint density at radius 1 is 1.17 bits per heavy atom. The normalized spacial score (nSPS) is 9.42. The topological polar surface area (TPSA) is 93.2 Å². The molecule has 0 saturated carbocycles. The van der Waals surface area contributed by atoms with Gasteiger partial charge in [0.15, 0.2) is 0 Å². The second-order valence-corrected chi connectivity index (χ2v) is 1.97. The standard InChI is InChI=1S/C6H14N4O2/c7-1-3-11-5-6-12-4-2-9-10-8/h1-7H2. The molecule has 6 nitrogen and oxygen atoms in total. The first-order valence-electron chi connectivity index (χ1n) is 3.78. The minimum atomic E-state index is 0.368. The van der Waals surface area contributed by atoms with E-state index >= 15 is 0 Å². The van der Waals surface area contributed by atoms with E-state index in [4.69, 9.17) is 20.7 Å². The summed E-state index contributed by atoms with van der Waals surface area (Å²) in [6.45, 7) is 2.94. The first kappa shape index (κ1) is 11.2. The number of hydrogen-bond acceptors (Lipinski definition) is 4. The van der Waals surface area contributed by atoms with Gasteiger partial charge in [-0.3, -0.25) is 0 Å². The highest BCUT2D eigenvalue weighted by molar-refractivity contribution is 4.43. The number of hydrogen-bond donors (Lipinski definition) is 1. The first-order chi connectivity index (χ1) is 5.91. The van der Waals surface area contributed by atoms with Crippen molar-refractivity contribution in [1.82, 2.24) is 0 Å². The van der Waals surface area contributed by atoms with E-state index in [9.17, 15) is 0 Å². The molecule has 0 unspecified atom stereocenters. The lowest BCUT2D eigenvalue weighted by Crippen LogP contribution is -2.12. The molecule has 0 saturated heterocycles. The number of rotatable bonds is 8. The van der Waals surface area contributed by atoms with Gasteiger partial charge in [0.05, 0.1) is 26.4 Å². The first-order valence-corrected chi connectivity index (χ1v) is 3.78. The van der Waals surface area contributed by atoms with Crippen LogP contribution in [0.3, 0.4) is 0 Å². The quantitative estimate of drug-likeness (QED) is 0.248. The molecule has 0 heterocycles. The average molecular weight is 174 g/mol. The molecule has 0 spiro atoms. The van der Waals surface area contributed by atoms with Crippen LogP contribution >= 0.6 is 0 Å². The molecule has 2 N–H and O–H groups in total. The molecule has 0 aliphatic heterocycles. The fourth-order valence-corrected chi connectivity index (χ4v) is 0.555. The lowest BCUT2D eigenvalue weighted by atomic mass is 10.7. The van der Waals surface area contributed by atoms with Gasteiger partial charge in [-0.25, -0.2) is 0 Å². The van der Waals surface area contributed by atoms with Crippen molar-refractivity contribution < 1.29 is 9.47 Å². The van der Waals surface area contributed by atoms with Crippen molar-refractivity contribution in [3.63, 3.8) is 0 Å². The summed E-state index contributed by atoms with van der Waals surface area (Å²) in [5.41, 5.74) is 13.1. The monoisotopic (exact) mass is 174 g/mol. The Labute approximate surface area is 71.3 Å². The number of nitrogens with two attached hydrogens (primary N) is 1. The molecule has 6 heteroatoms. The van der Waals surface area contributed by atoms with Crippen molar-refractivity contribution in [1.29, 1.82) is 0 Å². The van der Waals surface area contributed by atoms with Crippen LogP contribution in [0.25, 0.3) is 10.4 Å². The van der Waals surface area contributed by atoms with Crippen LogP contribution in [-0.2, 0) is 9.47 Å². The van der Waals surface area contributed by atoms with Crippen LogP contribution in [0.5, 0.6) is 0 Å². The SMILES string of the molecule is [N-]=[N+]=NCCOCCOCCN. The van der Waals surface area contributed by atoms with Crippen molar-refractivity contribution >= 4 is 0 Å². The predicted octanol–water partition coefficient (Wildman–Crippen LogP) is 0.289. The highest BCUT2D eigenvalue weighted by atomic mass is 16.5. The van der Waals surface area contributed by atoms with Crippen LogP contribution in [-0.4, -0.2) is 39.5 Å². The van der Waals surface area contributed by atoms with Crippen LogP contribution in [0.4, 0.5) is 0 Å². The molecule has 0 fully saturated rings. The van der Waals surface area contributed by atoms with Crippen molar-refractivity contribution in [3.8, 4) is 0 Å². The van der Waals surface area contributed by atoms with Gasteiger partial charge in [-0.2, -0.15) is 0 Å². The maximum atomic E-state index is 7.90.